The highest BCUT2D eigenvalue weighted by molar-refractivity contribution is 7.99. The fraction of sp³-hybridized carbons (Fsp3) is 0.308. The molecule has 5 nitrogen and oxygen atoms in total. The van der Waals surface area contributed by atoms with E-state index in [0.29, 0.717) is 5.56 Å². The summed E-state index contributed by atoms with van der Waals surface area (Å²) >= 11 is 1.43. The summed E-state index contributed by atoms with van der Waals surface area (Å²) in [5, 5.41) is 10.7. The molecule has 1 N–H and O–H groups in total. The Balaban J connectivity index is 1.87. The number of aliphatic hydroxyl groups is 1. The molecular formula is C26H28N2O3S. The lowest BCUT2D eigenvalue weighted by atomic mass is 9.75. The van der Waals surface area contributed by atoms with Gasteiger partial charge in [-0.05, 0) is 18.2 Å². The van der Waals surface area contributed by atoms with Gasteiger partial charge in [-0.2, -0.15) is 0 Å². The second-order valence-electron chi connectivity index (χ2n) is 8.29. The number of hydrogen-bond acceptors (Lipinski definition) is 5. The first kappa shape index (κ1) is 22.4. The topological polar surface area (TPSA) is 62.7 Å². The normalized spacial score (nSPS) is 19.6. The molecule has 4 rings (SSSR count). The zero-order valence-electron chi connectivity index (χ0n) is 18.5. The fourth-order valence-corrected chi connectivity index (χ4v) is 5.58. The lowest BCUT2D eigenvalue weighted by Crippen LogP contribution is -2.51. The second kappa shape index (κ2) is 9.35. The van der Waals surface area contributed by atoms with Crippen LogP contribution in [0.4, 0.5) is 4.79 Å². The number of aliphatic hydroxyl groups excluding tert-OH is 1. The van der Waals surface area contributed by atoms with Crippen LogP contribution >= 0.6 is 11.8 Å². The summed E-state index contributed by atoms with van der Waals surface area (Å²) in [6.07, 6.45) is 3.87. The first-order valence-corrected chi connectivity index (χ1v) is 12.0. The van der Waals surface area contributed by atoms with Crippen LogP contribution < -0.4 is 0 Å². The lowest BCUT2D eigenvalue weighted by molar-refractivity contribution is 0.0478. The van der Waals surface area contributed by atoms with Gasteiger partial charge in [0.15, 0.2) is 5.60 Å². The molecule has 0 saturated carbocycles. The van der Waals surface area contributed by atoms with Crippen molar-refractivity contribution in [2.75, 3.05) is 6.26 Å². The van der Waals surface area contributed by atoms with Gasteiger partial charge in [-0.3, -0.25) is 9.88 Å². The molecule has 2 aromatic carbocycles. The molecule has 6 heteroatoms. The third-order valence-corrected chi connectivity index (χ3v) is 6.99. The number of cyclic esters (lactones) is 1. The minimum Gasteiger partial charge on any atom is -0.431 e. The summed E-state index contributed by atoms with van der Waals surface area (Å²) in [5.41, 5.74) is 1.50. The molecule has 1 aromatic heterocycles. The van der Waals surface area contributed by atoms with Gasteiger partial charge in [-0.1, -0.05) is 80.6 Å². The Morgan fingerprint density at radius 2 is 1.59 bits per heavy atom. The van der Waals surface area contributed by atoms with E-state index in [-0.39, 0.29) is 12.0 Å². The standard InChI is InChI=1S/C26H28N2O3S/c1-18(2)23-26(20-12-6-4-7-13-20,21-14-8-5-9-15-21)31-25(30)28(23)24(32-3)22(29)19-11-10-16-27-17-19/h4-18,22-24,29H,1-3H3/t22-,23+,24+/m1/s1. The number of nitrogens with zero attached hydrogens (tertiary/aromatic N) is 2. The van der Waals surface area contributed by atoms with Crippen LogP contribution in [0.5, 0.6) is 0 Å². The van der Waals surface area contributed by atoms with Gasteiger partial charge in [0.1, 0.15) is 11.5 Å². The maximum absolute atomic E-state index is 13.6. The molecule has 3 atom stereocenters. The number of carbonyl (C=O) groups excluding carboxylic acids is 1. The molecular weight excluding hydrogens is 420 g/mol. The largest absolute Gasteiger partial charge is 0.431 e. The van der Waals surface area contributed by atoms with Crippen LogP contribution in [0.2, 0.25) is 0 Å². The molecule has 1 aliphatic heterocycles. The number of thioether (sulfide) groups is 1. The molecule has 3 aromatic rings. The summed E-state index contributed by atoms with van der Waals surface area (Å²) in [6.45, 7) is 4.18. The SMILES string of the molecule is CS[C@@H]([C@H](O)c1cccnc1)N1C(=O)OC(c2ccccc2)(c2ccccc2)[C@@H]1C(C)C. The van der Waals surface area contributed by atoms with E-state index in [1.807, 2.05) is 73.0 Å². The van der Waals surface area contributed by atoms with E-state index >= 15 is 0 Å². The van der Waals surface area contributed by atoms with E-state index < -0.39 is 23.2 Å². The zero-order valence-corrected chi connectivity index (χ0v) is 19.3. The summed E-state index contributed by atoms with van der Waals surface area (Å²) in [4.78, 5) is 19.4. The number of hydrogen-bond donors (Lipinski definition) is 1. The molecule has 32 heavy (non-hydrogen) atoms. The molecule has 1 saturated heterocycles. The molecule has 0 spiro atoms. The second-order valence-corrected chi connectivity index (χ2v) is 9.24. The van der Waals surface area contributed by atoms with Crippen LogP contribution in [0, 0.1) is 5.92 Å². The van der Waals surface area contributed by atoms with Crippen LogP contribution in [0.25, 0.3) is 0 Å². The van der Waals surface area contributed by atoms with Gasteiger partial charge < -0.3 is 9.84 Å². The first-order valence-electron chi connectivity index (χ1n) is 10.7. The highest BCUT2D eigenvalue weighted by Crippen LogP contribution is 2.50. The van der Waals surface area contributed by atoms with Crippen molar-refractivity contribution in [2.24, 2.45) is 5.92 Å². The van der Waals surface area contributed by atoms with Crippen molar-refractivity contribution in [1.29, 1.82) is 0 Å². The van der Waals surface area contributed by atoms with Crippen LogP contribution in [0.3, 0.4) is 0 Å². The van der Waals surface area contributed by atoms with E-state index in [2.05, 4.69) is 18.8 Å². The molecule has 0 aliphatic carbocycles. The summed E-state index contributed by atoms with van der Waals surface area (Å²) in [6, 6.07) is 23.1. The van der Waals surface area contributed by atoms with E-state index in [1.54, 1.807) is 23.4 Å². The summed E-state index contributed by atoms with van der Waals surface area (Å²) in [5.74, 6) is 0.0533. The van der Waals surface area contributed by atoms with E-state index in [9.17, 15) is 9.90 Å². The minimum atomic E-state index is -0.990. The van der Waals surface area contributed by atoms with Gasteiger partial charge in [-0.15, -0.1) is 11.8 Å². The Hall–Kier alpha value is -2.83. The Labute approximate surface area is 193 Å². The van der Waals surface area contributed by atoms with E-state index in [1.165, 1.54) is 11.8 Å². The first-order chi connectivity index (χ1) is 15.5. The Kier molecular flexibility index (Phi) is 6.53. The van der Waals surface area contributed by atoms with Crippen LogP contribution in [-0.2, 0) is 10.3 Å². The van der Waals surface area contributed by atoms with Crippen molar-refractivity contribution in [2.45, 2.75) is 37.0 Å². The van der Waals surface area contributed by atoms with Gasteiger partial charge >= 0.3 is 6.09 Å². The van der Waals surface area contributed by atoms with E-state index in [4.69, 9.17) is 4.74 Å². The molecule has 166 valence electrons. The van der Waals surface area contributed by atoms with Gasteiger partial charge in [-0.25, -0.2) is 4.79 Å². The van der Waals surface area contributed by atoms with Crippen LogP contribution in [-0.4, -0.2) is 38.8 Å². The highest BCUT2D eigenvalue weighted by Gasteiger charge is 2.59. The van der Waals surface area contributed by atoms with Gasteiger partial charge in [0.2, 0.25) is 0 Å². The fourth-order valence-electron chi connectivity index (χ4n) is 4.72. The number of pyridine rings is 1. The van der Waals surface area contributed by atoms with Crippen molar-refractivity contribution < 1.29 is 14.6 Å². The molecule has 0 bridgehead atoms. The quantitative estimate of drug-likeness (QED) is 0.537. The summed E-state index contributed by atoms with van der Waals surface area (Å²) in [7, 11) is 0. The Morgan fingerprint density at radius 3 is 2.06 bits per heavy atom. The average Bonchev–Trinajstić information content (AvgIpc) is 3.15. The summed E-state index contributed by atoms with van der Waals surface area (Å²) < 4.78 is 6.32. The minimum absolute atomic E-state index is 0.0533. The Bertz CT molecular complexity index is 991. The lowest BCUT2D eigenvalue weighted by Gasteiger charge is -2.41. The third-order valence-electron chi connectivity index (χ3n) is 6.02. The zero-order chi connectivity index (χ0) is 22.7. The third kappa shape index (κ3) is 3.78. The predicted octanol–water partition coefficient (Wildman–Crippen LogP) is 5.22. The monoisotopic (exact) mass is 448 g/mol. The van der Waals surface area contributed by atoms with Crippen molar-refractivity contribution in [3.63, 3.8) is 0 Å². The Morgan fingerprint density at radius 1 is 1.00 bits per heavy atom. The molecule has 2 heterocycles. The smallest absolute Gasteiger partial charge is 0.412 e. The molecule has 1 aliphatic rings. The number of carbonyl (C=O) groups is 1. The number of ether oxygens (including phenoxy) is 1. The van der Waals surface area contributed by atoms with Gasteiger partial charge in [0, 0.05) is 29.1 Å². The number of benzene rings is 2. The van der Waals surface area contributed by atoms with Crippen molar-refractivity contribution in [3.8, 4) is 0 Å². The number of amides is 1. The number of aromatic nitrogens is 1. The maximum Gasteiger partial charge on any atom is 0.412 e. The van der Waals surface area contributed by atoms with Crippen LogP contribution in [0.1, 0.15) is 36.6 Å². The van der Waals surface area contributed by atoms with Gasteiger partial charge in [0.25, 0.3) is 0 Å². The molecule has 0 radical (unpaired) electrons. The average molecular weight is 449 g/mol. The molecule has 1 amide bonds. The molecule has 1 fully saturated rings. The van der Waals surface area contributed by atoms with Crippen molar-refractivity contribution in [1.82, 2.24) is 9.88 Å². The number of rotatable bonds is 7. The van der Waals surface area contributed by atoms with Gasteiger partial charge in [0.05, 0.1) is 6.04 Å². The maximum atomic E-state index is 13.6. The van der Waals surface area contributed by atoms with Crippen molar-refractivity contribution >= 4 is 17.9 Å². The van der Waals surface area contributed by atoms with Crippen molar-refractivity contribution in [3.05, 3.63) is 102 Å². The van der Waals surface area contributed by atoms with Crippen LogP contribution in [0.15, 0.2) is 85.2 Å². The molecule has 0 unspecified atom stereocenters. The highest BCUT2D eigenvalue weighted by atomic mass is 32.2. The van der Waals surface area contributed by atoms with E-state index in [0.717, 1.165) is 11.1 Å². The predicted molar refractivity (Wildman–Crippen MR) is 127 cm³/mol.